The molecule has 0 unspecified atom stereocenters. The normalized spacial score (nSPS) is 9.84. The number of nitrogens with one attached hydrogen (secondary N) is 1. The molecular formula is C11H16N4O3S. The highest BCUT2D eigenvalue weighted by atomic mass is 32.1. The van der Waals surface area contributed by atoms with Gasteiger partial charge in [-0.2, -0.15) is 4.37 Å². The van der Waals surface area contributed by atoms with Crippen molar-refractivity contribution in [2.24, 2.45) is 5.73 Å². The first-order valence-electron chi connectivity index (χ1n) is 5.38. The lowest BCUT2D eigenvalue weighted by Crippen LogP contribution is -2.28. The van der Waals surface area contributed by atoms with Crippen LogP contribution in [-0.4, -0.2) is 41.9 Å². The predicted molar refractivity (Wildman–Crippen MR) is 73.6 cm³/mol. The Kier molecular flexibility index (Phi) is 4.87. The van der Waals surface area contributed by atoms with E-state index in [9.17, 15) is 9.59 Å². The van der Waals surface area contributed by atoms with Gasteiger partial charge in [0.2, 0.25) is 5.88 Å². The van der Waals surface area contributed by atoms with Crippen LogP contribution in [0.1, 0.15) is 17.3 Å². The molecule has 0 saturated heterocycles. The van der Waals surface area contributed by atoms with Crippen LogP contribution in [0.3, 0.4) is 0 Å². The van der Waals surface area contributed by atoms with Crippen molar-refractivity contribution in [1.82, 2.24) is 9.27 Å². The molecule has 1 rings (SSSR count). The number of urea groups is 1. The number of carbonyl (C=O) groups is 2. The lowest BCUT2D eigenvalue weighted by atomic mass is 10.3. The zero-order valence-corrected chi connectivity index (χ0v) is 11.8. The van der Waals surface area contributed by atoms with Crippen molar-refractivity contribution in [3.63, 3.8) is 0 Å². The molecule has 0 spiro atoms. The number of aromatic nitrogens is 1. The minimum Gasteiger partial charge on any atom is -0.472 e. The summed E-state index contributed by atoms with van der Waals surface area (Å²) >= 11 is 0.938. The molecule has 104 valence electrons. The summed E-state index contributed by atoms with van der Waals surface area (Å²) < 4.78 is 9.28. The molecular weight excluding hydrogens is 268 g/mol. The molecule has 0 aliphatic rings. The van der Waals surface area contributed by atoms with Crippen LogP contribution in [0, 0.1) is 0 Å². The van der Waals surface area contributed by atoms with E-state index in [2.05, 4.69) is 16.3 Å². The third kappa shape index (κ3) is 3.95. The molecule has 0 aliphatic carbocycles. The molecule has 0 fully saturated rings. The second-order valence-electron chi connectivity index (χ2n) is 4.13. The maximum atomic E-state index is 11.5. The van der Waals surface area contributed by atoms with Crippen molar-refractivity contribution in [2.45, 2.75) is 6.92 Å². The molecule has 0 saturated carbocycles. The van der Waals surface area contributed by atoms with Crippen molar-refractivity contribution < 1.29 is 14.3 Å². The van der Waals surface area contributed by atoms with Crippen molar-refractivity contribution in [1.29, 1.82) is 0 Å². The average molecular weight is 284 g/mol. The van der Waals surface area contributed by atoms with Crippen molar-refractivity contribution in [3.05, 3.63) is 17.7 Å². The molecule has 3 amide bonds. The second kappa shape index (κ2) is 6.19. The molecule has 3 N–H and O–H groups in total. The number of anilines is 1. The van der Waals surface area contributed by atoms with Gasteiger partial charge in [-0.25, -0.2) is 4.79 Å². The standard InChI is InChI=1S/C11H16N4O3S/c1-6(2)5-18-9-7(8(12)16)10(19-14-9)13-11(17)15(3)4/h1,5H2,2-4H3,(H2,12,16)(H,13,17). The molecule has 1 aromatic heterocycles. The van der Waals surface area contributed by atoms with Gasteiger partial charge in [0, 0.05) is 14.1 Å². The summed E-state index contributed by atoms with van der Waals surface area (Å²) in [5.74, 6) is -0.603. The zero-order chi connectivity index (χ0) is 14.6. The third-order valence-corrected chi connectivity index (χ3v) is 2.73. The fourth-order valence-electron chi connectivity index (χ4n) is 1.08. The van der Waals surface area contributed by atoms with E-state index in [-0.39, 0.29) is 29.1 Å². The Morgan fingerprint density at radius 2 is 2.16 bits per heavy atom. The van der Waals surface area contributed by atoms with Crippen LogP contribution in [0.2, 0.25) is 0 Å². The quantitative estimate of drug-likeness (QED) is 0.796. The molecule has 0 aliphatic heterocycles. The number of nitrogens with two attached hydrogens (primary N) is 1. The lowest BCUT2D eigenvalue weighted by molar-refractivity contribution is 0.0997. The summed E-state index contributed by atoms with van der Waals surface area (Å²) in [6, 6.07) is -0.377. The number of nitrogens with zero attached hydrogens (tertiary/aromatic N) is 2. The lowest BCUT2D eigenvalue weighted by Gasteiger charge is -2.11. The van der Waals surface area contributed by atoms with E-state index >= 15 is 0 Å². The van der Waals surface area contributed by atoms with Gasteiger partial charge in [-0.3, -0.25) is 10.1 Å². The van der Waals surface area contributed by atoms with E-state index in [4.69, 9.17) is 10.5 Å². The topological polar surface area (TPSA) is 97.6 Å². The number of hydrogen-bond acceptors (Lipinski definition) is 5. The first-order chi connectivity index (χ1) is 8.82. The highest BCUT2D eigenvalue weighted by molar-refractivity contribution is 7.11. The number of hydrogen-bond donors (Lipinski definition) is 2. The van der Waals surface area contributed by atoms with Gasteiger partial charge in [0.05, 0.1) is 0 Å². The molecule has 0 radical (unpaired) electrons. The van der Waals surface area contributed by atoms with Gasteiger partial charge in [0.15, 0.2) is 0 Å². The molecule has 0 aromatic carbocycles. The maximum Gasteiger partial charge on any atom is 0.321 e. The summed E-state index contributed by atoms with van der Waals surface area (Å²) in [6.07, 6.45) is 0. The molecule has 19 heavy (non-hydrogen) atoms. The summed E-state index contributed by atoms with van der Waals surface area (Å²) in [5, 5.41) is 2.81. The minimum atomic E-state index is -0.709. The largest absolute Gasteiger partial charge is 0.472 e. The van der Waals surface area contributed by atoms with E-state index in [1.807, 2.05) is 0 Å². The summed E-state index contributed by atoms with van der Waals surface area (Å²) in [5.41, 5.74) is 6.13. The van der Waals surface area contributed by atoms with Gasteiger partial charge >= 0.3 is 6.03 Å². The Balaban J connectivity index is 2.96. The van der Waals surface area contributed by atoms with Crippen LogP contribution in [0.15, 0.2) is 12.2 Å². The number of rotatable bonds is 5. The monoisotopic (exact) mass is 284 g/mol. The van der Waals surface area contributed by atoms with E-state index < -0.39 is 5.91 Å². The van der Waals surface area contributed by atoms with E-state index in [0.29, 0.717) is 0 Å². The second-order valence-corrected chi connectivity index (χ2v) is 4.90. The Morgan fingerprint density at radius 1 is 1.53 bits per heavy atom. The van der Waals surface area contributed by atoms with Gasteiger partial charge in [-0.1, -0.05) is 6.58 Å². The number of amides is 3. The Labute approximate surface area is 115 Å². The Morgan fingerprint density at radius 3 is 2.63 bits per heavy atom. The van der Waals surface area contributed by atoms with Gasteiger partial charge in [-0.05, 0) is 24.0 Å². The molecule has 7 nitrogen and oxygen atoms in total. The maximum absolute atomic E-state index is 11.5. The highest BCUT2D eigenvalue weighted by Crippen LogP contribution is 2.30. The molecule has 1 aromatic rings. The van der Waals surface area contributed by atoms with Crippen LogP contribution < -0.4 is 15.8 Å². The third-order valence-electron chi connectivity index (χ3n) is 1.99. The minimum absolute atomic E-state index is 0.0708. The molecule has 0 bridgehead atoms. The van der Waals surface area contributed by atoms with Gasteiger partial charge in [0.1, 0.15) is 17.2 Å². The summed E-state index contributed by atoms with van der Waals surface area (Å²) in [7, 11) is 3.16. The van der Waals surface area contributed by atoms with Gasteiger partial charge in [0.25, 0.3) is 5.91 Å². The number of ether oxygens (including phenoxy) is 1. The van der Waals surface area contributed by atoms with E-state index in [1.54, 1.807) is 21.0 Å². The highest BCUT2D eigenvalue weighted by Gasteiger charge is 2.22. The van der Waals surface area contributed by atoms with Crippen LogP contribution in [0.4, 0.5) is 9.80 Å². The van der Waals surface area contributed by atoms with Crippen molar-refractivity contribution >= 4 is 28.5 Å². The van der Waals surface area contributed by atoms with Gasteiger partial charge in [-0.15, -0.1) is 0 Å². The zero-order valence-electron chi connectivity index (χ0n) is 11.0. The molecule has 1 heterocycles. The van der Waals surface area contributed by atoms with Crippen LogP contribution in [0.25, 0.3) is 0 Å². The Hall–Kier alpha value is -2.09. The smallest absolute Gasteiger partial charge is 0.321 e. The van der Waals surface area contributed by atoms with Crippen LogP contribution in [-0.2, 0) is 0 Å². The average Bonchev–Trinajstić information content (AvgIpc) is 2.69. The fraction of sp³-hybridized carbons (Fsp3) is 0.364. The first-order valence-corrected chi connectivity index (χ1v) is 6.15. The van der Waals surface area contributed by atoms with Crippen LogP contribution >= 0.6 is 11.5 Å². The van der Waals surface area contributed by atoms with E-state index in [0.717, 1.165) is 17.1 Å². The fourth-order valence-corrected chi connectivity index (χ4v) is 1.81. The SMILES string of the molecule is C=C(C)COc1nsc(NC(=O)N(C)C)c1C(N)=O. The van der Waals surface area contributed by atoms with Crippen molar-refractivity contribution in [2.75, 3.05) is 26.0 Å². The summed E-state index contributed by atoms with van der Waals surface area (Å²) in [4.78, 5) is 24.3. The van der Waals surface area contributed by atoms with Crippen molar-refractivity contribution in [3.8, 4) is 5.88 Å². The Bertz CT molecular complexity index is 510. The number of primary amides is 1. The number of carbonyl (C=O) groups excluding carboxylic acids is 2. The van der Waals surface area contributed by atoms with Gasteiger partial charge < -0.3 is 15.4 Å². The first kappa shape index (κ1) is 15.0. The molecule has 0 atom stereocenters. The summed E-state index contributed by atoms with van der Waals surface area (Å²) in [6.45, 7) is 5.69. The van der Waals surface area contributed by atoms with E-state index in [1.165, 1.54) is 4.90 Å². The molecule has 8 heteroatoms. The van der Waals surface area contributed by atoms with Crippen LogP contribution in [0.5, 0.6) is 5.88 Å². The predicted octanol–water partition coefficient (Wildman–Crippen LogP) is 1.29.